The van der Waals surface area contributed by atoms with Crippen molar-refractivity contribution in [3.8, 4) is 23.0 Å². The minimum absolute atomic E-state index is 0.329. The average molecular weight is 383 g/mol. The molecule has 1 aromatic heterocycles. The molecular formula is C20H21N3O5. The standard InChI is InChI=1S/C20H21N3O5/c1-25-13-7-5-12(6-8-13)11-21-23-20(24)16-9-14-15(22-16)10-17(26-2)19(28-4)18(14)27-3/h5-11,22H,1-4H3,(H,23,24)/b21-11-. The molecule has 0 saturated carbocycles. The molecule has 0 unspecified atom stereocenters. The highest BCUT2D eigenvalue weighted by Gasteiger charge is 2.19. The molecule has 1 amide bonds. The van der Waals surface area contributed by atoms with Crippen molar-refractivity contribution in [2.75, 3.05) is 28.4 Å². The van der Waals surface area contributed by atoms with E-state index in [1.807, 2.05) is 24.3 Å². The highest BCUT2D eigenvalue weighted by atomic mass is 16.5. The monoisotopic (exact) mass is 383 g/mol. The zero-order valence-electron chi connectivity index (χ0n) is 16.0. The fraction of sp³-hybridized carbons (Fsp3) is 0.200. The lowest BCUT2D eigenvalue weighted by atomic mass is 10.2. The number of hydrogen-bond acceptors (Lipinski definition) is 6. The Morgan fingerprint density at radius 2 is 1.68 bits per heavy atom. The van der Waals surface area contributed by atoms with E-state index < -0.39 is 0 Å². The normalized spacial score (nSPS) is 10.9. The van der Waals surface area contributed by atoms with E-state index in [9.17, 15) is 4.79 Å². The van der Waals surface area contributed by atoms with Crippen molar-refractivity contribution in [2.45, 2.75) is 0 Å². The van der Waals surface area contributed by atoms with Crippen LogP contribution in [0, 0.1) is 0 Å². The first-order chi connectivity index (χ1) is 13.6. The third-order valence-electron chi connectivity index (χ3n) is 4.17. The number of benzene rings is 2. The van der Waals surface area contributed by atoms with Crippen LogP contribution in [-0.4, -0.2) is 45.5 Å². The van der Waals surface area contributed by atoms with Crippen molar-refractivity contribution < 1.29 is 23.7 Å². The molecular weight excluding hydrogens is 362 g/mol. The predicted octanol–water partition coefficient (Wildman–Crippen LogP) is 2.97. The molecule has 0 atom stereocenters. The summed E-state index contributed by atoms with van der Waals surface area (Å²) in [5, 5.41) is 4.69. The van der Waals surface area contributed by atoms with Gasteiger partial charge in [0.2, 0.25) is 5.75 Å². The van der Waals surface area contributed by atoms with E-state index in [1.54, 1.807) is 25.5 Å². The Kier molecular flexibility index (Phi) is 5.69. The summed E-state index contributed by atoms with van der Waals surface area (Å²) in [6.07, 6.45) is 1.55. The van der Waals surface area contributed by atoms with Crippen molar-refractivity contribution in [1.29, 1.82) is 0 Å². The predicted molar refractivity (Wildman–Crippen MR) is 106 cm³/mol. The molecule has 2 aromatic carbocycles. The molecule has 0 bridgehead atoms. The van der Waals surface area contributed by atoms with Crippen LogP contribution in [0.3, 0.4) is 0 Å². The van der Waals surface area contributed by atoms with Gasteiger partial charge >= 0.3 is 0 Å². The number of amides is 1. The highest BCUT2D eigenvalue weighted by Crippen LogP contribution is 2.43. The molecule has 0 radical (unpaired) electrons. The van der Waals surface area contributed by atoms with Gasteiger partial charge in [0.25, 0.3) is 5.91 Å². The molecule has 8 nitrogen and oxygen atoms in total. The van der Waals surface area contributed by atoms with Gasteiger partial charge in [-0.25, -0.2) is 5.43 Å². The molecule has 0 aliphatic rings. The van der Waals surface area contributed by atoms with E-state index in [0.717, 1.165) is 11.3 Å². The largest absolute Gasteiger partial charge is 0.497 e. The fourth-order valence-electron chi connectivity index (χ4n) is 2.79. The first-order valence-corrected chi connectivity index (χ1v) is 8.40. The molecule has 3 aromatic rings. The Balaban J connectivity index is 1.82. The Morgan fingerprint density at radius 3 is 2.29 bits per heavy atom. The zero-order valence-corrected chi connectivity index (χ0v) is 16.0. The molecule has 146 valence electrons. The molecule has 0 fully saturated rings. The van der Waals surface area contributed by atoms with Crippen LogP contribution < -0.4 is 24.4 Å². The lowest BCUT2D eigenvalue weighted by Gasteiger charge is -2.12. The van der Waals surface area contributed by atoms with E-state index in [0.29, 0.717) is 33.8 Å². The summed E-state index contributed by atoms with van der Waals surface area (Å²) in [7, 11) is 6.19. The third kappa shape index (κ3) is 3.71. The second-order valence-corrected chi connectivity index (χ2v) is 5.76. The molecule has 0 saturated heterocycles. The number of hydrogen-bond donors (Lipinski definition) is 2. The molecule has 28 heavy (non-hydrogen) atoms. The van der Waals surface area contributed by atoms with Gasteiger partial charge in [-0.15, -0.1) is 0 Å². The van der Waals surface area contributed by atoms with Crippen LogP contribution in [0.25, 0.3) is 10.9 Å². The Morgan fingerprint density at radius 1 is 0.964 bits per heavy atom. The van der Waals surface area contributed by atoms with Crippen molar-refractivity contribution in [1.82, 2.24) is 10.4 Å². The molecule has 8 heteroatoms. The fourth-order valence-corrected chi connectivity index (χ4v) is 2.79. The number of fused-ring (bicyclic) bond motifs is 1. The average Bonchev–Trinajstić information content (AvgIpc) is 3.16. The van der Waals surface area contributed by atoms with Crippen molar-refractivity contribution in [3.63, 3.8) is 0 Å². The summed E-state index contributed by atoms with van der Waals surface area (Å²) >= 11 is 0. The van der Waals surface area contributed by atoms with Gasteiger partial charge < -0.3 is 23.9 Å². The quantitative estimate of drug-likeness (QED) is 0.483. The topological polar surface area (TPSA) is 94.2 Å². The van der Waals surface area contributed by atoms with Gasteiger partial charge in [-0.2, -0.15) is 5.10 Å². The van der Waals surface area contributed by atoms with Crippen LogP contribution in [0.4, 0.5) is 0 Å². The number of ether oxygens (including phenoxy) is 4. The second-order valence-electron chi connectivity index (χ2n) is 5.76. The van der Waals surface area contributed by atoms with Gasteiger partial charge in [-0.3, -0.25) is 4.79 Å². The van der Waals surface area contributed by atoms with Gasteiger partial charge in [0, 0.05) is 11.5 Å². The third-order valence-corrected chi connectivity index (χ3v) is 4.17. The molecule has 1 heterocycles. The minimum Gasteiger partial charge on any atom is -0.497 e. The van der Waals surface area contributed by atoms with Crippen molar-refractivity contribution in [2.24, 2.45) is 5.10 Å². The number of hydrazone groups is 1. The van der Waals surface area contributed by atoms with E-state index in [1.165, 1.54) is 21.3 Å². The molecule has 2 N–H and O–H groups in total. The van der Waals surface area contributed by atoms with Crippen LogP contribution >= 0.6 is 0 Å². The molecule has 0 aliphatic carbocycles. The number of H-pyrrole nitrogens is 1. The Hall–Kier alpha value is -3.68. The van der Waals surface area contributed by atoms with Crippen LogP contribution in [0.1, 0.15) is 16.1 Å². The zero-order chi connectivity index (χ0) is 20.1. The first kappa shape index (κ1) is 19.1. The number of methoxy groups -OCH3 is 4. The van der Waals surface area contributed by atoms with E-state index >= 15 is 0 Å². The number of aromatic nitrogens is 1. The van der Waals surface area contributed by atoms with Gasteiger partial charge in [-0.05, 0) is 35.9 Å². The van der Waals surface area contributed by atoms with Gasteiger partial charge in [0.05, 0.1) is 40.2 Å². The summed E-state index contributed by atoms with van der Waals surface area (Å²) < 4.78 is 21.2. The number of carbonyl (C=O) groups excluding carboxylic acids is 1. The number of nitrogens with zero attached hydrogens (tertiary/aromatic N) is 1. The lowest BCUT2D eigenvalue weighted by Crippen LogP contribution is -2.17. The van der Waals surface area contributed by atoms with Gasteiger partial charge in [0.15, 0.2) is 11.5 Å². The van der Waals surface area contributed by atoms with E-state index in [-0.39, 0.29) is 5.91 Å². The highest BCUT2D eigenvalue weighted by molar-refractivity contribution is 6.01. The maximum absolute atomic E-state index is 12.4. The van der Waals surface area contributed by atoms with Crippen LogP contribution in [0.2, 0.25) is 0 Å². The van der Waals surface area contributed by atoms with Crippen LogP contribution in [0.15, 0.2) is 41.5 Å². The molecule has 0 spiro atoms. The van der Waals surface area contributed by atoms with Crippen molar-refractivity contribution in [3.05, 3.63) is 47.7 Å². The maximum atomic E-state index is 12.4. The summed E-state index contributed by atoms with van der Waals surface area (Å²) in [6, 6.07) is 10.7. The van der Waals surface area contributed by atoms with Crippen LogP contribution in [-0.2, 0) is 0 Å². The van der Waals surface area contributed by atoms with E-state index in [2.05, 4.69) is 15.5 Å². The lowest BCUT2D eigenvalue weighted by molar-refractivity contribution is 0.0951. The maximum Gasteiger partial charge on any atom is 0.287 e. The SMILES string of the molecule is COc1ccc(/C=N\NC(=O)c2cc3c(OC)c(OC)c(OC)cc3[nH]2)cc1. The summed E-state index contributed by atoms with van der Waals surface area (Å²) in [5.74, 6) is 1.80. The number of carbonyl (C=O) groups is 1. The van der Waals surface area contributed by atoms with Crippen molar-refractivity contribution >= 4 is 23.0 Å². The number of rotatable bonds is 7. The van der Waals surface area contributed by atoms with Gasteiger partial charge in [0.1, 0.15) is 11.4 Å². The summed E-state index contributed by atoms with van der Waals surface area (Å²) in [5.41, 5.74) is 4.33. The Bertz CT molecular complexity index is 1010. The molecule has 0 aliphatic heterocycles. The number of nitrogens with one attached hydrogen (secondary N) is 2. The minimum atomic E-state index is -0.388. The molecule has 3 rings (SSSR count). The van der Waals surface area contributed by atoms with E-state index in [4.69, 9.17) is 18.9 Å². The van der Waals surface area contributed by atoms with Gasteiger partial charge in [-0.1, -0.05) is 0 Å². The second kappa shape index (κ2) is 8.34. The summed E-state index contributed by atoms with van der Waals surface area (Å²) in [4.78, 5) is 15.5. The first-order valence-electron chi connectivity index (χ1n) is 8.40. The van der Waals surface area contributed by atoms with Crippen LogP contribution in [0.5, 0.6) is 23.0 Å². The number of aromatic amines is 1. The Labute approximate surface area is 162 Å². The smallest absolute Gasteiger partial charge is 0.287 e. The summed E-state index contributed by atoms with van der Waals surface area (Å²) in [6.45, 7) is 0.